The predicted molar refractivity (Wildman–Crippen MR) is 97.7 cm³/mol. The molecule has 4 rings (SSSR count). The number of likely N-dealkylation sites (tertiary alicyclic amines) is 1. The largest absolute Gasteiger partial charge is 0.472 e. The number of fused-ring (bicyclic) bond motifs is 1. The number of anilines is 1. The van der Waals surface area contributed by atoms with Crippen LogP contribution in [-0.2, 0) is 0 Å². The van der Waals surface area contributed by atoms with Crippen molar-refractivity contribution in [3.8, 4) is 5.88 Å². The van der Waals surface area contributed by atoms with Crippen molar-refractivity contribution in [2.45, 2.75) is 12.5 Å². The van der Waals surface area contributed by atoms with Gasteiger partial charge in [-0.25, -0.2) is 18.6 Å². The Hall–Kier alpha value is -3.22. The molecule has 3 aromatic rings. The number of pyridine rings is 1. The Morgan fingerprint density at radius 1 is 1.07 bits per heavy atom. The van der Waals surface area contributed by atoms with Crippen LogP contribution >= 0.6 is 0 Å². The number of halogens is 2. The van der Waals surface area contributed by atoms with Crippen molar-refractivity contribution in [1.29, 1.82) is 0 Å². The molecule has 1 aliphatic heterocycles. The number of carbonyl (C=O) groups excluding carboxylic acids is 1. The van der Waals surface area contributed by atoms with Gasteiger partial charge in [-0.05, 0) is 24.3 Å². The second-order valence-electron chi connectivity index (χ2n) is 6.34. The molecule has 1 fully saturated rings. The van der Waals surface area contributed by atoms with Crippen molar-refractivity contribution >= 4 is 22.6 Å². The number of urea groups is 1. The summed E-state index contributed by atoms with van der Waals surface area (Å²) < 4.78 is 33.2. The maximum absolute atomic E-state index is 13.7. The molecule has 27 heavy (non-hydrogen) atoms. The summed E-state index contributed by atoms with van der Waals surface area (Å²) in [4.78, 5) is 18.2. The van der Waals surface area contributed by atoms with Crippen LogP contribution in [0.25, 0.3) is 10.9 Å². The molecule has 138 valence electrons. The second-order valence-corrected chi connectivity index (χ2v) is 6.34. The van der Waals surface area contributed by atoms with E-state index in [0.717, 1.165) is 23.0 Å². The number of hydrogen-bond acceptors (Lipinski definition) is 3. The summed E-state index contributed by atoms with van der Waals surface area (Å²) in [6, 6.07) is 14.3. The highest BCUT2D eigenvalue weighted by Crippen LogP contribution is 2.22. The van der Waals surface area contributed by atoms with Gasteiger partial charge in [0.25, 0.3) is 0 Å². The van der Waals surface area contributed by atoms with Crippen molar-refractivity contribution < 1.29 is 18.3 Å². The summed E-state index contributed by atoms with van der Waals surface area (Å²) in [5, 5.41) is 3.31. The van der Waals surface area contributed by atoms with E-state index in [9.17, 15) is 13.6 Å². The molecule has 1 N–H and O–H groups in total. The van der Waals surface area contributed by atoms with E-state index in [4.69, 9.17) is 4.74 Å². The van der Waals surface area contributed by atoms with Crippen LogP contribution in [0.1, 0.15) is 6.42 Å². The Bertz CT molecular complexity index is 976. The Labute approximate surface area is 154 Å². The number of ether oxygens (including phenoxy) is 1. The molecule has 1 atom stereocenters. The van der Waals surface area contributed by atoms with Gasteiger partial charge >= 0.3 is 6.03 Å². The maximum atomic E-state index is 13.7. The molecule has 0 saturated carbocycles. The van der Waals surface area contributed by atoms with E-state index in [1.165, 1.54) is 11.0 Å². The highest BCUT2D eigenvalue weighted by Gasteiger charge is 2.29. The van der Waals surface area contributed by atoms with Crippen LogP contribution < -0.4 is 10.1 Å². The van der Waals surface area contributed by atoms with Gasteiger partial charge in [0, 0.05) is 24.4 Å². The van der Waals surface area contributed by atoms with Crippen LogP contribution in [-0.4, -0.2) is 35.1 Å². The number of nitrogens with one attached hydrogen (secondary N) is 1. The van der Waals surface area contributed by atoms with Gasteiger partial charge in [0.1, 0.15) is 23.4 Å². The van der Waals surface area contributed by atoms with Crippen LogP contribution in [0.4, 0.5) is 19.3 Å². The number of carbonyl (C=O) groups is 1. The molecule has 0 bridgehead atoms. The molecule has 0 radical (unpaired) electrons. The Balaban J connectivity index is 1.40. The SMILES string of the molecule is O=C(Nc1c(F)cccc1F)N1CCC(Oc2ccc3ccccc3n2)C1. The van der Waals surface area contributed by atoms with E-state index >= 15 is 0 Å². The third-order valence-corrected chi connectivity index (χ3v) is 4.49. The highest BCUT2D eigenvalue weighted by atomic mass is 19.1. The summed E-state index contributed by atoms with van der Waals surface area (Å²) in [7, 11) is 0. The monoisotopic (exact) mass is 369 g/mol. The van der Waals surface area contributed by atoms with Crippen molar-refractivity contribution in [3.63, 3.8) is 0 Å². The first-order valence-electron chi connectivity index (χ1n) is 8.62. The molecular weight excluding hydrogens is 352 g/mol. The molecule has 2 amide bonds. The van der Waals surface area contributed by atoms with E-state index in [2.05, 4.69) is 10.3 Å². The zero-order valence-electron chi connectivity index (χ0n) is 14.4. The molecule has 7 heteroatoms. The van der Waals surface area contributed by atoms with E-state index in [1.54, 1.807) is 6.07 Å². The molecule has 1 aromatic heterocycles. The van der Waals surface area contributed by atoms with Crippen molar-refractivity contribution in [2.75, 3.05) is 18.4 Å². The van der Waals surface area contributed by atoms with E-state index in [1.807, 2.05) is 30.3 Å². The van der Waals surface area contributed by atoms with Crippen LogP contribution in [0.5, 0.6) is 5.88 Å². The number of nitrogens with zero attached hydrogens (tertiary/aromatic N) is 2. The molecule has 0 spiro atoms. The minimum absolute atomic E-state index is 0.227. The molecule has 2 aromatic carbocycles. The number of amides is 2. The number of aromatic nitrogens is 1. The maximum Gasteiger partial charge on any atom is 0.322 e. The minimum Gasteiger partial charge on any atom is -0.472 e. The topological polar surface area (TPSA) is 54.5 Å². The van der Waals surface area contributed by atoms with Gasteiger partial charge in [-0.3, -0.25) is 0 Å². The predicted octanol–water partition coefficient (Wildman–Crippen LogP) is 4.20. The van der Waals surface area contributed by atoms with Crippen LogP contribution in [0.2, 0.25) is 0 Å². The number of rotatable bonds is 3. The third-order valence-electron chi connectivity index (χ3n) is 4.49. The zero-order chi connectivity index (χ0) is 18.8. The average molecular weight is 369 g/mol. The van der Waals surface area contributed by atoms with E-state index in [-0.39, 0.29) is 6.10 Å². The Kier molecular flexibility index (Phi) is 4.58. The second kappa shape index (κ2) is 7.19. The summed E-state index contributed by atoms with van der Waals surface area (Å²) in [6.07, 6.45) is 0.386. The van der Waals surface area contributed by atoms with Crippen molar-refractivity contribution in [3.05, 3.63) is 66.2 Å². The Morgan fingerprint density at radius 3 is 2.67 bits per heavy atom. The Morgan fingerprint density at radius 2 is 1.85 bits per heavy atom. The smallest absolute Gasteiger partial charge is 0.322 e. The number of hydrogen-bond donors (Lipinski definition) is 1. The molecule has 1 saturated heterocycles. The van der Waals surface area contributed by atoms with Crippen molar-refractivity contribution in [2.24, 2.45) is 0 Å². The van der Waals surface area contributed by atoms with Crippen LogP contribution in [0, 0.1) is 11.6 Å². The van der Waals surface area contributed by atoms with Gasteiger partial charge in [-0.15, -0.1) is 0 Å². The molecule has 0 aliphatic carbocycles. The first-order chi connectivity index (χ1) is 13.1. The van der Waals surface area contributed by atoms with Gasteiger partial charge in [0.05, 0.1) is 12.1 Å². The van der Waals surface area contributed by atoms with Crippen molar-refractivity contribution in [1.82, 2.24) is 9.88 Å². The quantitative estimate of drug-likeness (QED) is 0.753. The third kappa shape index (κ3) is 3.67. The van der Waals surface area contributed by atoms with Gasteiger partial charge < -0.3 is 15.0 Å². The zero-order valence-corrected chi connectivity index (χ0v) is 14.4. The molecule has 5 nitrogen and oxygen atoms in total. The molecule has 1 aliphatic rings. The highest BCUT2D eigenvalue weighted by molar-refractivity contribution is 5.89. The lowest BCUT2D eigenvalue weighted by molar-refractivity contribution is 0.190. The fraction of sp³-hybridized carbons (Fsp3) is 0.200. The average Bonchev–Trinajstić information content (AvgIpc) is 3.13. The summed E-state index contributed by atoms with van der Waals surface area (Å²) >= 11 is 0. The number of para-hydroxylation sites is 2. The van der Waals surface area contributed by atoms with Crippen LogP contribution in [0.15, 0.2) is 54.6 Å². The fourth-order valence-corrected chi connectivity index (χ4v) is 3.10. The van der Waals surface area contributed by atoms with Crippen LogP contribution in [0.3, 0.4) is 0 Å². The normalized spacial score (nSPS) is 16.5. The van der Waals surface area contributed by atoms with Gasteiger partial charge in [0.2, 0.25) is 5.88 Å². The van der Waals surface area contributed by atoms with Gasteiger partial charge in [-0.2, -0.15) is 0 Å². The fourth-order valence-electron chi connectivity index (χ4n) is 3.10. The van der Waals surface area contributed by atoms with E-state index < -0.39 is 23.4 Å². The summed E-state index contributed by atoms with van der Waals surface area (Å²) in [6.45, 7) is 0.747. The molecule has 2 heterocycles. The summed E-state index contributed by atoms with van der Waals surface area (Å²) in [5.74, 6) is -1.13. The minimum atomic E-state index is -0.810. The lowest BCUT2D eigenvalue weighted by Gasteiger charge is -2.18. The standard InChI is InChI=1S/C20H17F2N3O2/c21-15-5-3-6-16(22)19(15)24-20(26)25-11-10-14(12-25)27-18-9-8-13-4-1-2-7-17(13)23-18/h1-9,14H,10-12H2,(H,24,26). The lowest BCUT2D eigenvalue weighted by atomic mass is 10.2. The first kappa shape index (κ1) is 17.2. The van der Waals surface area contributed by atoms with Gasteiger partial charge in [-0.1, -0.05) is 24.3 Å². The summed E-state index contributed by atoms with van der Waals surface area (Å²) in [5.41, 5.74) is 0.390. The number of benzene rings is 2. The lowest BCUT2D eigenvalue weighted by Crippen LogP contribution is -2.35. The molecule has 1 unspecified atom stereocenters. The molecular formula is C20H17F2N3O2. The first-order valence-corrected chi connectivity index (χ1v) is 8.62. The van der Waals surface area contributed by atoms with E-state index in [0.29, 0.717) is 25.4 Å². The van der Waals surface area contributed by atoms with Gasteiger partial charge in [0.15, 0.2) is 0 Å².